The second-order valence-electron chi connectivity index (χ2n) is 4.23. The second kappa shape index (κ2) is 4.09. The average Bonchev–Trinajstić information content (AvgIpc) is 2.97. The summed E-state index contributed by atoms with van der Waals surface area (Å²) in [5.41, 5.74) is 0. The predicted octanol–water partition coefficient (Wildman–Crippen LogP) is 0.655. The van der Waals surface area contributed by atoms with Gasteiger partial charge >= 0.3 is 0 Å². The Morgan fingerprint density at radius 1 is 1.23 bits per heavy atom. The Kier molecular flexibility index (Phi) is 2.83. The number of amides is 1. The molecule has 0 aliphatic heterocycles. The van der Waals surface area contributed by atoms with Gasteiger partial charge in [-0.05, 0) is 31.6 Å². The second-order valence-corrected chi connectivity index (χ2v) is 4.23. The third-order valence-corrected chi connectivity index (χ3v) is 2.65. The zero-order chi connectivity index (χ0) is 9.10. The van der Waals surface area contributed by atoms with Gasteiger partial charge in [0.15, 0.2) is 0 Å². The molecule has 0 bridgehead atoms. The summed E-state index contributed by atoms with van der Waals surface area (Å²) < 4.78 is 0. The largest absolute Gasteiger partial charge is 0.356 e. The molecule has 2 aliphatic rings. The molecule has 0 aromatic carbocycles. The van der Waals surface area contributed by atoms with Crippen LogP contribution in [0.4, 0.5) is 0 Å². The maximum absolute atomic E-state index is 11.2. The lowest BCUT2D eigenvalue weighted by Crippen LogP contribution is -2.29. The van der Waals surface area contributed by atoms with Crippen molar-refractivity contribution in [1.29, 1.82) is 0 Å². The van der Waals surface area contributed by atoms with Crippen LogP contribution in [0.25, 0.3) is 0 Å². The highest BCUT2D eigenvalue weighted by Gasteiger charge is 2.22. The van der Waals surface area contributed by atoms with E-state index >= 15 is 0 Å². The van der Waals surface area contributed by atoms with Gasteiger partial charge in [-0.2, -0.15) is 0 Å². The molecule has 0 aromatic heterocycles. The molecule has 0 unspecified atom stereocenters. The van der Waals surface area contributed by atoms with Gasteiger partial charge in [-0.1, -0.05) is 0 Å². The van der Waals surface area contributed by atoms with Gasteiger partial charge in [-0.15, -0.1) is 0 Å². The van der Waals surface area contributed by atoms with Crippen LogP contribution < -0.4 is 10.6 Å². The number of hydrogen-bond acceptors (Lipinski definition) is 2. The van der Waals surface area contributed by atoms with Gasteiger partial charge in [-0.25, -0.2) is 0 Å². The molecule has 2 aliphatic carbocycles. The molecule has 0 atom stereocenters. The molecule has 0 radical (unpaired) electrons. The third-order valence-electron chi connectivity index (χ3n) is 2.65. The van der Waals surface area contributed by atoms with Gasteiger partial charge in [0.2, 0.25) is 5.91 Å². The van der Waals surface area contributed by atoms with Gasteiger partial charge in [0.25, 0.3) is 0 Å². The minimum Gasteiger partial charge on any atom is -0.356 e. The molecule has 74 valence electrons. The summed E-state index contributed by atoms with van der Waals surface area (Å²) in [5.74, 6) is 1.00. The van der Waals surface area contributed by atoms with Gasteiger partial charge < -0.3 is 10.6 Å². The molecule has 0 saturated heterocycles. The number of nitrogens with one attached hydrogen (secondary N) is 2. The lowest BCUT2D eigenvalue weighted by molar-refractivity contribution is -0.121. The van der Waals surface area contributed by atoms with Gasteiger partial charge in [0, 0.05) is 25.6 Å². The van der Waals surface area contributed by atoms with Crippen molar-refractivity contribution >= 4 is 5.91 Å². The summed E-state index contributed by atoms with van der Waals surface area (Å²) in [5, 5.41) is 6.29. The van der Waals surface area contributed by atoms with E-state index in [1.807, 2.05) is 0 Å². The minimum atomic E-state index is 0.208. The fourth-order valence-corrected chi connectivity index (χ4v) is 1.35. The maximum atomic E-state index is 11.2. The summed E-state index contributed by atoms with van der Waals surface area (Å²) in [6.45, 7) is 1.75. The fourth-order valence-electron chi connectivity index (χ4n) is 1.35. The van der Waals surface area contributed by atoms with Crippen molar-refractivity contribution in [3.63, 3.8) is 0 Å². The van der Waals surface area contributed by atoms with E-state index in [9.17, 15) is 4.79 Å². The number of hydrogen-bond donors (Lipinski definition) is 2. The third kappa shape index (κ3) is 3.77. The van der Waals surface area contributed by atoms with Crippen LogP contribution in [-0.2, 0) is 4.79 Å². The molecule has 0 aromatic rings. The van der Waals surface area contributed by atoms with Crippen LogP contribution in [0.1, 0.15) is 32.1 Å². The summed E-state index contributed by atoms with van der Waals surface area (Å²) in [6.07, 6.45) is 5.85. The lowest BCUT2D eigenvalue weighted by atomic mass is 10.3. The fraction of sp³-hybridized carbons (Fsp3) is 0.900. The van der Waals surface area contributed by atoms with Gasteiger partial charge in [0.05, 0.1) is 0 Å². The molecule has 3 nitrogen and oxygen atoms in total. The van der Waals surface area contributed by atoms with Crippen LogP contribution in [0.15, 0.2) is 0 Å². The molecule has 1 amide bonds. The highest BCUT2D eigenvalue weighted by atomic mass is 16.1. The zero-order valence-electron chi connectivity index (χ0n) is 8.01. The van der Waals surface area contributed by atoms with E-state index in [1.165, 1.54) is 25.7 Å². The smallest absolute Gasteiger partial charge is 0.221 e. The van der Waals surface area contributed by atoms with Crippen molar-refractivity contribution in [3.05, 3.63) is 0 Å². The van der Waals surface area contributed by atoms with Crippen LogP contribution in [0.5, 0.6) is 0 Å². The standard InChI is InChI=1S/C10H18N2O/c13-10(12-7-8-1-2-8)5-6-11-9-3-4-9/h8-9,11H,1-7H2,(H,12,13). The molecule has 2 saturated carbocycles. The Labute approximate surface area is 79.3 Å². The summed E-state index contributed by atoms with van der Waals surface area (Å²) >= 11 is 0. The first-order chi connectivity index (χ1) is 6.34. The van der Waals surface area contributed by atoms with E-state index < -0.39 is 0 Å². The van der Waals surface area contributed by atoms with E-state index in [4.69, 9.17) is 0 Å². The van der Waals surface area contributed by atoms with Crippen molar-refractivity contribution in [1.82, 2.24) is 10.6 Å². The van der Waals surface area contributed by atoms with Crippen molar-refractivity contribution in [2.24, 2.45) is 5.92 Å². The minimum absolute atomic E-state index is 0.208. The number of carbonyl (C=O) groups excluding carboxylic acids is 1. The van der Waals surface area contributed by atoms with Crippen LogP contribution in [0.3, 0.4) is 0 Å². The molecular formula is C10H18N2O. The summed E-state index contributed by atoms with van der Waals surface area (Å²) in [4.78, 5) is 11.2. The Bertz CT molecular complexity index is 185. The molecular weight excluding hydrogens is 164 g/mol. The number of carbonyl (C=O) groups is 1. The molecule has 13 heavy (non-hydrogen) atoms. The van der Waals surface area contributed by atoms with Crippen LogP contribution >= 0.6 is 0 Å². The molecule has 3 heteroatoms. The van der Waals surface area contributed by atoms with Crippen molar-refractivity contribution in [2.75, 3.05) is 13.1 Å². The summed E-state index contributed by atoms with van der Waals surface area (Å²) in [6, 6.07) is 0.719. The molecule has 2 N–H and O–H groups in total. The first-order valence-corrected chi connectivity index (χ1v) is 5.34. The van der Waals surface area contributed by atoms with Crippen LogP contribution in [-0.4, -0.2) is 25.0 Å². The SMILES string of the molecule is O=C(CCNC1CC1)NCC1CC1. The van der Waals surface area contributed by atoms with Gasteiger partial charge in [0.1, 0.15) is 0 Å². The Hall–Kier alpha value is -0.570. The summed E-state index contributed by atoms with van der Waals surface area (Å²) in [7, 11) is 0. The van der Waals surface area contributed by atoms with Crippen molar-refractivity contribution in [3.8, 4) is 0 Å². The van der Waals surface area contributed by atoms with E-state index in [0.717, 1.165) is 25.0 Å². The van der Waals surface area contributed by atoms with Crippen molar-refractivity contribution < 1.29 is 4.79 Å². The Balaban J connectivity index is 1.44. The highest BCUT2D eigenvalue weighted by molar-refractivity contribution is 5.76. The number of rotatable bonds is 6. The lowest BCUT2D eigenvalue weighted by Gasteiger charge is -2.04. The van der Waals surface area contributed by atoms with Gasteiger partial charge in [-0.3, -0.25) is 4.79 Å². The quantitative estimate of drug-likeness (QED) is 0.633. The molecule has 0 heterocycles. The van der Waals surface area contributed by atoms with Crippen molar-refractivity contribution in [2.45, 2.75) is 38.1 Å². The van der Waals surface area contributed by atoms with E-state index in [-0.39, 0.29) is 5.91 Å². The van der Waals surface area contributed by atoms with E-state index in [2.05, 4.69) is 10.6 Å². The van der Waals surface area contributed by atoms with Crippen LogP contribution in [0.2, 0.25) is 0 Å². The molecule has 2 rings (SSSR count). The maximum Gasteiger partial charge on any atom is 0.221 e. The van der Waals surface area contributed by atoms with Crippen LogP contribution in [0, 0.1) is 5.92 Å². The molecule has 2 fully saturated rings. The van der Waals surface area contributed by atoms with E-state index in [1.54, 1.807) is 0 Å². The van der Waals surface area contributed by atoms with E-state index in [0.29, 0.717) is 6.42 Å². The first kappa shape index (κ1) is 9.00. The Morgan fingerprint density at radius 2 is 2.00 bits per heavy atom. The highest BCUT2D eigenvalue weighted by Crippen LogP contribution is 2.27. The Morgan fingerprint density at radius 3 is 2.62 bits per heavy atom. The monoisotopic (exact) mass is 182 g/mol. The molecule has 0 spiro atoms. The first-order valence-electron chi connectivity index (χ1n) is 5.34. The average molecular weight is 182 g/mol. The predicted molar refractivity (Wildman–Crippen MR) is 51.4 cm³/mol. The zero-order valence-corrected chi connectivity index (χ0v) is 8.01. The normalized spacial score (nSPS) is 21.5. The topological polar surface area (TPSA) is 41.1 Å².